The first-order chi connectivity index (χ1) is 16.6. The average molecular weight is 504 g/mol. The minimum Gasteiger partial charge on any atom is -0.395 e. The van der Waals surface area contributed by atoms with Crippen LogP contribution in [0.4, 0.5) is 16.3 Å². The summed E-state index contributed by atoms with van der Waals surface area (Å²) >= 11 is 0. The fraction of sp³-hybridized carbons (Fsp3) is 0.542. The van der Waals surface area contributed by atoms with Crippen LogP contribution >= 0.6 is 0 Å². The Morgan fingerprint density at radius 1 is 1.23 bits per heavy atom. The molecule has 1 aliphatic heterocycles. The summed E-state index contributed by atoms with van der Waals surface area (Å²) in [6.07, 6.45) is 1.38. The molecule has 2 amide bonds. The van der Waals surface area contributed by atoms with Gasteiger partial charge < -0.3 is 25.4 Å². The molecule has 1 saturated heterocycles. The standard InChI is InChI=1S/C24H33N5O5S/c1-16-15-34-13-11-29(16)21-14-20(24(2,3)35(32,33)19-8-9-19)27-22(28-21)17-4-6-18(7-5-17)26-23(31)25-10-12-30/h4-7,14,16,19,30H,8-13,15H2,1-3H3,(H2,25,26,31)/t16-/m0/s1. The van der Waals surface area contributed by atoms with Gasteiger partial charge in [-0.15, -0.1) is 0 Å². The molecule has 0 radical (unpaired) electrons. The van der Waals surface area contributed by atoms with Crippen LogP contribution in [0.2, 0.25) is 0 Å². The van der Waals surface area contributed by atoms with E-state index in [0.29, 0.717) is 61.2 Å². The lowest BCUT2D eigenvalue weighted by Gasteiger charge is -2.35. The van der Waals surface area contributed by atoms with Crippen molar-refractivity contribution in [2.45, 2.75) is 49.7 Å². The number of aromatic nitrogens is 2. The van der Waals surface area contributed by atoms with Gasteiger partial charge in [0.15, 0.2) is 15.7 Å². The number of nitrogens with zero attached hydrogens (tertiary/aromatic N) is 3. The third kappa shape index (κ3) is 5.41. The summed E-state index contributed by atoms with van der Waals surface area (Å²) in [5, 5.41) is 13.7. The Kier molecular flexibility index (Phi) is 7.30. The van der Waals surface area contributed by atoms with E-state index in [1.54, 1.807) is 44.2 Å². The fourth-order valence-electron chi connectivity index (χ4n) is 4.07. The van der Waals surface area contributed by atoms with E-state index in [2.05, 4.69) is 22.5 Å². The lowest BCUT2D eigenvalue weighted by atomic mass is 10.1. The molecule has 2 aliphatic rings. The van der Waals surface area contributed by atoms with Gasteiger partial charge in [0.2, 0.25) is 0 Å². The van der Waals surface area contributed by atoms with E-state index in [-0.39, 0.29) is 24.4 Å². The number of urea groups is 1. The normalized spacial score (nSPS) is 18.9. The van der Waals surface area contributed by atoms with Crippen molar-refractivity contribution in [2.75, 3.05) is 43.1 Å². The summed E-state index contributed by atoms with van der Waals surface area (Å²) in [5.41, 5.74) is 1.74. The maximum atomic E-state index is 13.3. The van der Waals surface area contributed by atoms with E-state index in [9.17, 15) is 13.2 Å². The number of benzene rings is 1. The summed E-state index contributed by atoms with van der Waals surface area (Å²) in [4.78, 5) is 23.5. The zero-order valence-electron chi connectivity index (χ0n) is 20.3. The number of rotatable bonds is 8. The molecule has 1 aromatic heterocycles. The van der Waals surface area contributed by atoms with Gasteiger partial charge in [-0.3, -0.25) is 0 Å². The number of carbonyl (C=O) groups excluding carboxylic acids is 1. The Balaban J connectivity index is 1.70. The number of sulfone groups is 1. The van der Waals surface area contributed by atoms with Crippen LogP contribution in [0.15, 0.2) is 30.3 Å². The number of anilines is 2. The molecule has 35 heavy (non-hydrogen) atoms. The topological polar surface area (TPSA) is 134 Å². The third-order valence-electron chi connectivity index (χ3n) is 6.46. The Hall–Kier alpha value is -2.76. The lowest BCUT2D eigenvalue weighted by molar-refractivity contribution is 0.0985. The van der Waals surface area contributed by atoms with Gasteiger partial charge in [0.05, 0.1) is 36.8 Å². The summed E-state index contributed by atoms with van der Waals surface area (Å²) in [6.45, 7) is 7.30. The molecular weight excluding hydrogens is 470 g/mol. The molecule has 10 nitrogen and oxygen atoms in total. The van der Waals surface area contributed by atoms with Crippen LogP contribution in [0, 0.1) is 0 Å². The number of amides is 2. The number of nitrogens with one attached hydrogen (secondary N) is 2. The van der Waals surface area contributed by atoms with E-state index >= 15 is 0 Å². The molecule has 0 spiro atoms. The predicted octanol–water partition coefficient (Wildman–Crippen LogP) is 2.29. The Bertz CT molecular complexity index is 1170. The molecule has 1 aliphatic carbocycles. The maximum Gasteiger partial charge on any atom is 0.319 e. The Labute approximate surface area is 206 Å². The van der Waals surface area contributed by atoms with Crippen LogP contribution < -0.4 is 15.5 Å². The molecule has 2 fully saturated rings. The number of hydrogen-bond acceptors (Lipinski definition) is 8. The first-order valence-electron chi connectivity index (χ1n) is 11.9. The average Bonchev–Trinajstić information content (AvgIpc) is 3.69. The van der Waals surface area contributed by atoms with Gasteiger partial charge in [0, 0.05) is 30.4 Å². The number of aliphatic hydroxyl groups excluding tert-OH is 1. The molecule has 0 unspecified atom stereocenters. The van der Waals surface area contributed by atoms with Crippen LogP contribution in [0.1, 0.15) is 39.3 Å². The lowest BCUT2D eigenvalue weighted by Crippen LogP contribution is -2.44. The largest absolute Gasteiger partial charge is 0.395 e. The van der Waals surface area contributed by atoms with Crippen molar-refractivity contribution in [1.82, 2.24) is 15.3 Å². The number of aliphatic hydroxyl groups is 1. The monoisotopic (exact) mass is 503 g/mol. The quantitative estimate of drug-likeness (QED) is 0.500. The predicted molar refractivity (Wildman–Crippen MR) is 134 cm³/mol. The van der Waals surface area contributed by atoms with Gasteiger partial charge in [-0.05, 0) is 57.9 Å². The van der Waals surface area contributed by atoms with Gasteiger partial charge in [-0.25, -0.2) is 23.2 Å². The van der Waals surface area contributed by atoms with E-state index < -0.39 is 20.6 Å². The van der Waals surface area contributed by atoms with Crippen molar-refractivity contribution in [3.63, 3.8) is 0 Å². The number of hydrogen-bond donors (Lipinski definition) is 3. The highest BCUT2D eigenvalue weighted by Gasteiger charge is 2.48. The highest BCUT2D eigenvalue weighted by molar-refractivity contribution is 7.93. The first-order valence-corrected chi connectivity index (χ1v) is 13.4. The molecular formula is C24H33N5O5S. The van der Waals surface area contributed by atoms with Gasteiger partial charge in [0.1, 0.15) is 10.6 Å². The SMILES string of the molecule is C[C@H]1COCCN1c1cc(C(C)(C)S(=O)(=O)C2CC2)nc(-c2ccc(NC(=O)NCCO)cc2)n1. The van der Waals surface area contributed by atoms with Gasteiger partial charge in [0.25, 0.3) is 0 Å². The van der Waals surface area contributed by atoms with Crippen molar-refractivity contribution in [3.8, 4) is 11.4 Å². The zero-order chi connectivity index (χ0) is 25.2. The van der Waals surface area contributed by atoms with Crippen molar-refractivity contribution < 1.29 is 23.1 Å². The minimum absolute atomic E-state index is 0.0894. The Morgan fingerprint density at radius 3 is 2.57 bits per heavy atom. The van der Waals surface area contributed by atoms with Crippen molar-refractivity contribution >= 4 is 27.4 Å². The molecule has 11 heteroatoms. The summed E-state index contributed by atoms with van der Waals surface area (Å²) in [6, 6.07) is 8.50. The van der Waals surface area contributed by atoms with Crippen LogP contribution in [-0.4, -0.2) is 73.7 Å². The highest BCUT2D eigenvalue weighted by Crippen LogP contribution is 2.42. The highest BCUT2D eigenvalue weighted by atomic mass is 32.2. The van der Waals surface area contributed by atoms with E-state index in [1.165, 1.54) is 0 Å². The van der Waals surface area contributed by atoms with Crippen molar-refractivity contribution in [2.24, 2.45) is 0 Å². The second kappa shape index (κ2) is 10.1. The number of carbonyl (C=O) groups is 1. The molecule has 1 aromatic carbocycles. The number of morpholine rings is 1. The smallest absolute Gasteiger partial charge is 0.319 e. The molecule has 3 N–H and O–H groups in total. The third-order valence-corrected chi connectivity index (χ3v) is 9.45. The summed E-state index contributed by atoms with van der Waals surface area (Å²) in [5.74, 6) is 1.09. The molecule has 190 valence electrons. The van der Waals surface area contributed by atoms with Crippen molar-refractivity contribution in [1.29, 1.82) is 0 Å². The molecule has 2 aromatic rings. The summed E-state index contributed by atoms with van der Waals surface area (Å²) in [7, 11) is -3.41. The molecule has 0 bridgehead atoms. The van der Waals surface area contributed by atoms with Crippen LogP contribution in [0.3, 0.4) is 0 Å². The van der Waals surface area contributed by atoms with E-state index in [0.717, 1.165) is 0 Å². The molecule has 2 heterocycles. The minimum atomic E-state index is -3.41. The Morgan fingerprint density at radius 2 is 1.94 bits per heavy atom. The van der Waals surface area contributed by atoms with Crippen LogP contribution in [0.25, 0.3) is 11.4 Å². The van der Waals surface area contributed by atoms with E-state index in [4.69, 9.17) is 19.8 Å². The van der Waals surface area contributed by atoms with Gasteiger partial charge >= 0.3 is 6.03 Å². The van der Waals surface area contributed by atoms with Crippen LogP contribution in [-0.2, 0) is 19.3 Å². The molecule has 1 atom stereocenters. The van der Waals surface area contributed by atoms with Gasteiger partial charge in [-0.1, -0.05) is 0 Å². The summed E-state index contributed by atoms with van der Waals surface area (Å²) < 4.78 is 31.0. The van der Waals surface area contributed by atoms with E-state index in [1.807, 2.05) is 0 Å². The second-order valence-corrected chi connectivity index (χ2v) is 12.3. The maximum absolute atomic E-state index is 13.3. The zero-order valence-corrected chi connectivity index (χ0v) is 21.1. The first kappa shape index (κ1) is 25.3. The van der Waals surface area contributed by atoms with Crippen molar-refractivity contribution in [3.05, 3.63) is 36.0 Å². The van der Waals surface area contributed by atoms with Crippen LogP contribution in [0.5, 0.6) is 0 Å². The van der Waals surface area contributed by atoms with Gasteiger partial charge in [-0.2, -0.15) is 0 Å². The molecule has 1 saturated carbocycles. The fourth-order valence-corrected chi connectivity index (χ4v) is 6.06. The second-order valence-electron chi connectivity index (χ2n) is 9.49. The molecule has 4 rings (SSSR count). The number of ether oxygens (including phenoxy) is 1.